The number of amides is 1. The summed E-state index contributed by atoms with van der Waals surface area (Å²) >= 11 is 5.71. The molecule has 0 aliphatic carbocycles. The second-order valence-electron chi connectivity index (χ2n) is 6.58. The van der Waals surface area contributed by atoms with Crippen molar-refractivity contribution in [1.82, 2.24) is 24.9 Å². The average molecular weight is 426 g/mol. The number of benzene rings is 1. The predicted octanol–water partition coefficient (Wildman–Crippen LogP) is 3.98. The number of hydrogen-bond acceptors (Lipinski definition) is 3. The van der Waals surface area contributed by atoms with Crippen molar-refractivity contribution in [2.45, 2.75) is 40.0 Å². The van der Waals surface area contributed by atoms with E-state index in [1.165, 1.54) is 6.92 Å². The fourth-order valence-corrected chi connectivity index (χ4v) is 3.23. The van der Waals surface area contributed by atoms with Crippen LogP contribution in [0.3, 0.4) is 0 Å². The van der Waals surface area contributed by atoms with E-state index in [4.69, 9.17) is 11.6 Å². The van der Waals surface area contributed by atoms with Crippen LogP contribution in [0.25, 0.3) is 5.69 Å². The van der Waals surface area contributed by atoms with Crippen LogP contribution in [0, 0.1) is 20.8 Å². The lowest BCUT2D eigenvalue weighted by molar-refractivity contribution is -0.141. The van der Waals surface area contributed by atoms with Crippen molar-refractivity contribution >= 4 is 17.5 Å². The lowest BCUT2D eigenvalue weighted by atomic mass is 10.2. The van der Waals surface area contributed by atoms with E-state index < -0.39 is 22.8 Å². The van der Waals surface area contributed by atoms with Crippen molar-refractivity contribution in [3.63, 3.8) is 0 Å². The molecule has 0 spiro atoms. The zero-order chi connectivity index (χ0) is 21.3. The van der Waals surface area contributed by atoms with Gasteiger partial charge < -0.3 is 5.32 Å². The molecule has 3 aromatic rings. The first-order chi connectivity index (χ1) is 13.6. The third-order valence-corrected chi connectivity index (χ3v) is 5.05. The number of rotatable bonds is 5. The lowest BCUT2D eigenvalue weighted by Gasteiger charge is -2.08. The molecular weight excluding hydrogens is 407 g/mol. The highest BCUT2D eigenvalue weighted by atomic mass is 35.5. The van der Waals surface area contributed by atoms with E-state index in [0.29, 0.717) is 0 Å². The van der Waals surface area contributed by atoms with Crippen molar-refractivity contribution in [3.05, 3.63) is 63.7 Å². The number of carbonyl (C=O) groups is 1. The van der Waals surface area contributed by atoms with Gasteiger partial charge in [0, 0.05) is 17.8 Å². The van der Waals surface area contributed by atoms with Gasteiger partial charge in [-0.05, 0) is 32.9 Å². The summed E-state index contributed by atoms with van der Waals surface area (Å²) in [7, 11) is 0. The summed E-state index contributed by atoms with van der Waals surface area (Å²) in [6, 6.07) is 9.55. The summed E-state index contributed by atoms with van der Waals surface area (Å²) in [6.45, 7) is 4.94. The number of hydrogen-bond donors (Lipinski definition) is 1. The number of aromatic nitrogens is 4. The number of nitrogens with zero attached hydrogens (tertiary/aromatic N) is 4. The molecule has 0 aliphatic rings. The van der Waals surface area contributed by atoms with E-state index in [0.717, 1.165) is 27.3 Å². The molecule has 0 bridgehead atoms. The predicted molar refractivity (Wildman–Crippen MR) is 102 cm³/mol. The first kappa shape index (κ1) is 20.9. The van der Waals surface area contributed by atoms with E-state index in [-0.39, 0.29) is 18.8 Å². The summed E-state index contributed by atoms with van der Waals surface area (Å²) in [4.78, 5) is 12.3. The fraction of sp³-hybridized carbons (Fsp3) is 0.316. The Labute approximate surface area is 170 Å². The molecule has 3 rings (SSSR count). The second-order valence-corrected chi connectivity index (χ2v) is 6.95. The number of nitrogens with one attached hydrogen (secondary N) is 1. The van der Waals surface area contributed by atoms with Gasteiger partial charge in [-0.3, -0.25) is 9.48 Å². The zero-order valence-corrected chi connectivity index (χ0v) is 16.8. The Balaban J connectivity index is 1.72. The molecule has 1 aromatic carbocycles. The monoisotopic (exact) mass is 425 g/mol. The van der Waals surface area contributed by atoms with Gasteiger partial charge in [0.2, 0.25) is 5.91 Å². The number of carbonyl (C=O) groups excluding carboxylic acids is 1. The Hall–Kier alpha value is -2.81. The van der Waals surface area contributed by atoms with Gasteiger partial charge in [0.1, 0.15) is 6.54 Å². The number of alkyl halides is 3. The largest absolute Gasteiger partial charge is 0.436 e. The minimum absolute atomic E-state index is 0.0819. The molecular formula is C19H19ClF3N5O. The van der Waals surface area contributed by atoms with Crippen LogP contribution in [-0.2, 0) is 24.1 Å². The van der Waals surface area contributed by atoms with Crippen molar-refractivity contribution < 1.29 is 18.0 Å². The molecule has 0 aliphatic heterocycles. The van der Waals surface area contributed by atoms with Gasteiger partial charge in [-0.1, -0.05) is 29.8 Å². The van der Waals surface area contributed by atoms with Crippen LogP contribution in [0.15, 0.2) is 30.3 Å². The highest BCUT2D eigenvalue weighted by molar-refractivity contribution is 6.32. The molecule has 0 saturated heterocycles. The van der Waals surface area contributed by atoms with Crippen LogP contribution in [0.2, 0.25) is 5.02 Å². The molecule has 1 N–H and O–H groups in total. The maximum atomic E-state index is 12.9. The van der Waals surface area contributed by atoms with Gasteiger partial charge in [0.25, 0.3) is 0 Å². The number of aryl methyl sites for hydroxylation is 1. The third-order valence-electron chi connectivity index (χ3n) is 4.60. The van der Waals surface area contributed by atoms with E-state index >= 15 is 0 Å². The molecule has 2 aromatic heterocycles. The van der Waals surface area contributed by atoms with E-state index in [2.05, 4.69) is 15.5 Å². The highest BCUT2D eigenvalue weighted by Crippen LogP contribution is 2.35. The van der Waals surface area contributed by atoms with Gasteiger partial charge in [0.05, 0.1) is 22.1 Å². The number of halogens is 4. The normalized spacial score (nSPS) is 11.7. The van der Waals surface area contributed by atoms with Crippen LogP contribution in [-0.4, -0.2) is 25.5 Å². The molecule has 1 amide bonds. The zero-order valence-electron chi connectivity index (χ0n) is 16.0. The summed E-state index contributed by atoms with van der Waals surface area (Å²) < 4.78 is 41.5. The minimum Gasteiger partial charge on any atom is -0.350 e. The van der Waals surface area contributed by atoms with Crippen LogP contribution >= 0.6 is 11.6 Å². The second kappa shape index (κ2) is 7.90. The van der Waals surface area contributed by atoms with E-state index in [1.54, 1.807) is 4.68 Å². The molecule has 0 fully saturated rings. The van der Waals surface area contributed by atoms with Crippen molar-refractivity contribution in [2.24, 2.45) is 0 Å². The van der Waals surface area contributed by atoms with Gasteiger partial charge >= 0.3 is 6.18 Å². The molecule has 2 heterocycles. The lowest BCUT2D eigenvalue weighted by Crippen LogP contribution is -2.28. The maximum absolute atomic E-state index is 12.9. The molecule has 6 nitrogen and oxygen atoms in total. The minimum atomic E-state index is -4.68. The van der Waals surface area contributed by atoms with Crippen LogP contribution in [0.4, 0.5) is 13.2 Å². The quantitative estimate of drug-likeness (QED) is 0.672. The summed E-state index contributed by atoms with van der Waals surface area (Å²) in [5.74, 6) is -0.479. The highest BCUT2D eigenvalue weighted by Gasteiger charge is 2.38. The molecule has 10 heteroatoms. The molecule has 29 heavy (non-hydrogen) atoms. The van der Waals surface area contributed by atoms with Crippen molar-refractivity contribution in [3.8, 4) is 5.69 Å². The Kier molecular flexibility index (Phi) is 5.70. The summed E-state index contributed by atoms with van der Waals surface area (Å²) in [5.41, 5.74) is 2.25. The van der Waals surface area contributed by atoms with E-state index in [9.17, 15) is 18.0 Å². The van der Waals surface area contributed by atoms with Crippen LogP contribution < -0.4 is 5.32 Å². The first-order valence-electron chi connectivity index (χ1n) is 8.77. The number of para-hydroxylation sites is 1. The molecule has 0 unspecified atom stereocenters. The van der Waals surface area contributed by atoms with Gasteiger partial charge in [-0.25, -0.2) is 4.68 Å². The van der Waals surface area contributed by atoms with Crippen LogP contribution in [0.5, 0.6) is 0 Å². The Morgan fingerprint density at radius 1 is 1.10 bits per heavy atom. The van der Waals surface area contributed by atoms with Crippen LogP contribution in [0.1, 0.15) is 28.3 Å². The summed E-state index contributed by atoms with van der Waals surface area (Å²) in [5, 5.41) is 10.2. The summed E-state index contributed by atoms with van der Waals surface area (Å²) in [6.07, 6.45) is -4.68. The maximum Gasteiger partial charge on any atom is 0.436 e. The third kappa shape index (κ3) is 4.29. The first-order valence-corrected chi connectivity index (χ1v) is 9.14. The standard InChI is InChI=1S/C19H19ClF3N5O/c1-11-15(12(2)28(25-11)14-7-5-4-6-8-14)9-24-16(29)10-27-13(3)17(20)18(26-27)19(21,22)23/h4-8H,9-10H2,1-3H3,(H,24,29). The smallest absolute Gasteiger partial charge is 0.350 e. The molecule has 0 saturated carbocycles. The Morgan fingerprint density at radius 2 is 1.76 bits per heavy atom. The average Bonchev–Trinajstić information content (AvgIpc) is 3.11. The van der Waals surface area contributed by atoms with Crippen molar-refractivity contribution in [1.29, 1.82) is 0 Å². The van der Waals surface area contributed by atoms with E-state index in [1.807, 2.05) is 44.2 Å². The van der Waals surface area contributed by atoms with Gasteiger partial charge in [0.15, 0.2) is 5.69 Å². The molecule has 0 radical (unpaired) electrons. The van der Waals surface area contributed by atoms with Gasteiger partial charge in [-0.2, -0.15) is 23.4 Å². The Bertz CT molecular complexity index is 1040. The topological polar surface area (TPSA) is 64.7 Å². The Morgan fingerprint density at radius 3 is 2.34 bits per heavy atom. The molecule has 154 valence electrons. The fourth-order valence-electron chi connectivity index (χ4n) is 2.99. The van der Waals surface area contributed by atoms with Gasteiger partial charge in [-0.15, -0.1) is 0 Å². The SMILES string of the molecule is Cc1nn(-c2ccccc2)c(C)c1CNC(=O)Cn1nc(C(F)(F)F)c(Cl)c1C. The van der Waals surface area contributed by atoms with Crippen molar-refractivity contribution in [2.75, 3.05) is 0 Å². The molecule has 0 atom stereocenters.